The lowest BCUT2D eigenvalue weighted by Crippen LogP contribution is -2.54. The Morgan fingerprint density at radius 3 is 2.35 bits per heavy atom. The molecule has 6 heterocycles. The van der Waals surface area contributed by atoms with Gasteiger partial charge in [-0.1, -0.05) is 0 Å². The average molecular weight is 1010 g/mol. The van der Waals surface area contributed by atoms with Crippen LogP contribution in [0.4, 0.5) is 45.9 Å². The maximum Gasteiger partial charge on any atom is 0.249 e. The van der Waals surface area contributed by atoms with Gasteiger partial charge in [0, 0.05) is 125 Å². The van der Waals surface area contributed by atoms with Crippen molar-refractivity contribution in [2.45, 2.75) is 18.9 Å². The number of piperidine rings is 1. The Kier molecular flexibility index (Phi) is 13.3. The number of anilines is 8. The fourth-order valence-corrected chi connectivity index (χ4v) is 9.40. The molecule has 3 aromatic carbocycles. The Morgan fingerprint density at radius 1 is 0.897 bits per heavy atom. The molecule has 5 N–H and O–H groups in total. The van der Waals surface area contributed by atoms with Crippen LogP contribution < -0.4 is 40.5 Å². The summed E-state index contributed by atoms with van der Waals surface area (Å²) in [6.45, 7) is 5.75. The molecule has 3 aromatic heterocycles. The number of hydrogen-bond donors (Lipinski definition) is 5. The number of piperazine rings is 2. The molecule has 23 heteroatoms. The van der Waals surface area contributed by atoms with Gasteiger partial charge in [0.15, 0.2) is 0 Å². The zero-order valence-corrected chi connectivity index (χ0v) is 40.0. The molecule has 3 saturated heterocycles. The Labute approximate surface area is 400 Å². The van der Waals surface area contributed by atoms with Gasteiger partial charge >= 0.3 is 0 Å². The molecule has 0 aliphatic carbocycles. The maximum atomic E-state index is 13.7. The van der Waals surface area contributed by atoms with Gasteiger partial charge in [0.05, 0.1) is 53.2 Å². The van der Waals surface area contributed by atoms with E-state index >= 15 is 0 Å². The van der Waals surface area contributed by atoms with Gasteiger partial charge in [0.1, 0.15) is 23.1 Å². The minimum Gasteiger partial charge on any atom is -0.494 e. The average Bonchev–Trinajstić information content (AvgIpc) is 3.77. The molecule has 354 valence electrons. The summed E-state index contributed by atoms with van der Waals surface area (Å²) in [5.74, 6) is 0.698. The number of nitrogens with zero attached hydrogens (tertiary/aromatic N) is 10. The molecule has 1 atom stereocenters. The van der Waals surface area contributed by atoms with Crippen molar-refractivity contribution in [3.63, 3.8) is 0 Å². The Balaban J connectivity index is 0.845. The summed E-state index contributed by atoms with van der Waals surface area (Å²) in [5.41, 5.74) is 6.69. The minimum atomic E-state index is -3.69. The number of carbonyl (C=O) groups is 3. The number of imide groups is 1. The molecule has 6 aromatic rings. The molecule has 1 unspecified atom stereocenters. The monoisotopic (exact) mass is 1010 g/mol. The molecular formula is C45H50BrN15O6S. The molecule has 3 aliphatic rings. The van der Waals surface area contributed by atoms with E-state index in [4.69, 9.17) is 9.72 Å². The number of carbonyl (C=O) groups excluding carboxylic acids is 3. The first-order valence-corrected chi connectivity index (χ1v) is 24.6. The van der Waals surface area contributed by atoms with Crippen molar-refractivity contribution >= 4 is 101 Å². The van der Waals surface area contributed by atoms with Crippen LogP contribution in [0.1, 0.15) is 12.8 Å². The van der Waals surface area contributed by atoms with E-state index < -0.39 is 16.1 Å². The number of fused-ring (bicyclic) bond motifs is 1. The van der Waals surface area contributed by atoms with Crippen LogP contribution in [-0.2, 0) is 31.5 Å². The van der Waals surface area contributed by atoms with Crippen LogP contribution in [0, 0.1) is 0 Å². The van der Waals surface area contributed by atoms with E-state index in [0.717, 1.165) is 60.6 Å². The predicted molar refractivity (Wildman–Crippen MR) is 263 cm³/mol. The van der Waals surface area contributed by atoms with E-state index in [1.54, 1.807) is 36.3 Å². The third-order valence-corrected chi connectivity index (χ3v) is 13.2. The molecule has 0 saturated carbocycles. The van der Waals surface area contributed by atoms with Crippen molar-refractivity contribution < 1.29 is 27.5 Å². The van der Waals surface area contributed by atoms with Crippen LogP contribution in [-0.4, -0.2) is 144 Å². The largest absolute Gasteiger partial charge is 0.494 e. The van der Waals surface area contributed by atoms with E-state index in [-0.39, 0.29) is 29.4 Å². The molecule has 9 rings (SSSR count). The number of aromatic nitrogens is 6. The van der Waals surface area contributed by atoms with Crippen molar-refractivity contribution in [1.82, 2.24) is 44.8 Å². The van der Waals surface area contributed by atoms with Crippen LogP contribution in [0.25, 0.3) is 22.2 Å². The maximum absolute atomic E-state index is 13.7. The zero-order chi connectivity index (χ0) is 47.5. The summed E-state index contributed by atoms with van der Waals surface area (Å²) >= 11 is 3.53. The van der Waals surface area contributed by atoms with Crippen LogP contribution in [0.3, 0.4) is 0 Å². The summed E-state index contributed by atoms with van der Waals surface area (Å²) in [5, 5.41) is 16.6. The SMILES string of the molecule is COc1cc(N2CCN(C(=O)CN3CCN(c4ccc(NC5CCC(=O)NC5=O)cc4)CC3)CC2)c(-c2cnn(C)c2)cc1Nc1ncc(Br)c(Nc2ccc3nccnc3c2NS(C)(=O)=O)n1. The highest BCUT2D eigenvalue weighted by Crippen LogP contribution is 2.41. The number of sulfonamides is 1. The van der Waals surface area contributed by atoms with Crippen LogP contribution in [0.2, 0.25) is 0 Å². The molecule has 3 fully saturated rings. The predicted octanol–water partition coefficient (Wildman–Crippen LogP) is 4.14. The van der Waals surface area contributed by atoms with Crippen molar-refractivity contribution in [2.24, 2.45) is 7.05 Å². The minimum absolute atomic E-state index is 0.104. The molecule has 68 heavy (non-hydrogen) atoms. The Morgan fingerprint density at radius 2 is 1.65 bits per heavy atom. The van der Waals surface area contributed by atoms with Crippen LogP contribution in [0.5, 0.6) is 5.75 Å². The highest BCUT2D eigenvalue weighted by Gasteiger charge is 2.29. The van der Waals surface area contributed by atoms with Gasteiger partial charge in [0.25, 0.3) is 0 Å². The summed E-state index contributed by atoms with van der Waals surface area (Å²) in [7, 11) is -0.227. The zero-order valence-electron chi connectivity index (χ0n) is 37.6. The van der Waals surface area contributed by atoms with Gasteiger partial charge in [-0.25, -0.2) is 13.4 Å². The summed E-state index contributed by atoms with van der Waals surface area (Å²) < 4.78 is 35.6. The van der Waals surface area contributed by atoms with Gasteiger partial charge in [-0.2, -0.15) is 10.1 Å². The number of methoxy groups -OCH3 is 1. The topological polar surface area (TPSA) is 237 Å². The van der Waals surface area contributed by atoms with Gasteiger partial charge < -0.3 is 35.4 Å². The lowest BCUT2D eigenvalue weighted by Gasteiger charge is -2.39. The van der Waals surface area contributed by atoms with Crippen molar-refractivity contribution in [3.8, 4) is 16.9 Å². The van der Waals surface area contributed by atoms with Gasteiger partial charge in [-0.05, 0) is 64.8 Å². The van der Waals surface area contributed by atoms with Gasteiger partial charge in [0.2, 0.25) is 33.7 Å². The Bertz CT molecular complexity index is 2980. The number of benzene rings is 3. The van der Waals surface area contributed by atoms with Crippen molar-refractivity contribution in [1.29, 1.82) is 0 Å². The van der Waals surface area contributed by atoms with E-state index in [1.807, 2.05) is 54.5 Å². The van der Waals surface area contributed by atoms with Crippen molar-refractivity contribution in [2.75, 3.05) is 103 Å². The number of aryl methyl sites for hydroxylation is 1. The highest BCUT2D eigenvalue weighted by molar-refractivity contribution is 9.10. The van der Waals surface area contributed by atoms with E-state index in [0.29, 0.717) is 84.0 Å². The third kappa shape index (κ3) is 10.5. The second-order valence-corrected chi connectivity index (χ2v) is 19.3. The second kappa shape index (κ2) is 19.6. The standard InChI is InChI=1S/C45H50BrN15O6S/c1-57-26-28(24-50-57)31-22-36(53-45-49-25-32(46)43(55-45)52-34-9-8-33-41(48-13-12-47-33)42(34)56-68(3,65)66)38(67-2)23-37(31)60-18-20-61(21-19-60)40(63)27-58-14-16-59(17-15-58)30-6-4-29(5-7-30)51-35-10-11-39(62)54-44(35)64/h4-9,12-13,22-26,35,51,56H,10-11,14-21,27H2,1-3H3,(H,54,62,64)(H2,49,52,53,55). The quantitative estimate of drug-likeness (QED) is 0.0965. The normalized spacial score (nSPS) is 16.9. The molecule has 3 amide bonds. The second-order valence-electron chi connectivity index (χ2n) is 16.7. The van der Waals surface area contributed by atoms with E-state index in [2.05, 4.69) is 76.7 Å². The Hall–Kier alpha value is -7.11. The number of halogens is 1. The van der Waals surface area contributed by atoms with Crippen LogP contribution in [0.15, 0.2) is 84.0 Å². The van der Waals surface area contributed by atoms with Crippen LogP contribution >= 0.6 is 15.9 Å². The summed E-state index contributed by atoms with van der Waals surface area (Å²) in [6, 6.07) is 14.9. The summed E-state index contributed by atoms with van der Waals surface area (Å²) in [6.07, 6.45) is 10.2. The number of ether oxygens (including phenoxy) is 1. The first-order valence-electron chi connectivity index (χ1n) is 22.0. The number of nitrogens with one attached hydrogen (secondary N) is 5. The number of rotatable bonds is 14. The third-order valence-electron chi connectivity index (χ3n) is 12.0. The number of hydrogen-bond acceptors (Lipinski definition) is 17. The smallest absolute Gasteiger partial charge is 0.249 e. The first-order chi connectivity index (χ1) is 32.8. The van der Waals surface area contributed by atoms with Gasteiger partial charge in [-0.3, -0.25) is 44.0 Å². The lowest BCUT2D eigenvalue weighted by atomic mass is 10.0. The number of amides is 3. The van der Waals surface area contributed by atoms with E-state index in [9.17, 15) is 22.8 Å². The lowest BCUT2D eigenvalue weighted by molar-refractivity contribution is -0.134. The molecule has 0 radical (unpaired) electrons. The highest BCUT2D eigenvalue weighted by atomic mass is 79.9. The van der Waals surface area contributed by atoms with Crippen molar-refractivity contribution in [3.05, 3.63) is 84.0 Å². The fraction of sp³-hybridized carbons (Fsp3) is 0.333. The molecule has 3 aliphatic heterocycles. The molecular weight excluding hydrogens is 959 g/mol. The van der Waals surface area contributed by atoms with E-state index in [1.165, 1.54) is 12.4 Å². The molecule has 0 bridgehead atoms. The fourth-order valence-electron chi connectivity index (χ4n) is 8.53. The molecule has 0 spiro atoms. The summed E-state index contributed by atoms with van der Waals surface area (Å²) in [4.78, 5) is 64.0. The van der Waals surface area contributed by atoms with Gasteiger partial charge in [-0.15, -0.1) is 0 Å². The first kappa shape index (κ1) is 46.0. The molecule has 21 nitrogen and oxygen atoms in total.